The van der Waals surface area contributed by atoms with Crippen LogP contribution in [0, 0.1) is 0 Å². The highest BCUT2D eigenvalue weighted by atomic mass is 32.2. The molecule has 1 aliphatic rings. The second-order valence-corrected chi connectivity index (χ2v) is 8.39. The maximum Gasteiger partial charge on any atom is 0.175 e. The predicted molar refractivity (Wildman–Crippen MR) is 98.3 cm³/mol. The Bertz CT molecular complexity index is 872. The lowest BCUT2D eigenvalue weighted by Crippen LogP contribution is -1.97. The molecule has 0 saturated carbocycles. The van der Waals surface area contributed by atoms with E-state index < -0.39 is 9.84 Å². The van der Waals surface area contributed by atoms with Gasteiger partial charge in [-0.15, -0.1) is 11.8 Å². The van der Waals surface area contributed by atoms with E-state index in [9.17, 15) is 8.42 Å². The molecule has 4 heteroatoms. The fourth-order valence-corrected chi connectivity index (χ4v) is 3.75. The summed E-state index contributed by atoms with van der Waals surface area (Å²) >= 11 is 1.73. The second kappa shape index (κ2) is 6.38. The maximum atomic E-state index is 11.6. The van der Waals surface area contributed by atoms with Gasteiger partial charge in [-0.3, -0.25) is 0 Å². The van der Waals surface area contributed by atoms with Crippen LogP contribution in [0.4, 0.5) is 0 Å². The van der Waals surface area contributed by atoms with E-state index in [0.29, 0.717) is 4.90 Å². The summed E-state index contributed by atoms with van der Waals surface area (Å²) in [6.07, 6.45) is 8.61. The summed E-state index contributed by atoms with van der Waals surface area (Å²) in [5, 5.41) is 0. The van der Waals surface area contributed by atoms with Crippen molar-refractivity contribution in [3.63, 3.8) is 0 Å². The van der Waals surface area contributed by atoms with Crippen LogP contribution in [-0.4, -0.2) is 20.9 Å². The van der Waals surface area contributed by atoms with Crippen molar-refractivity contribution in [3.8, 4) is 0 Å². The fourth-order valence-electron chi connectivity index (χ4n) is 2.71. The molecular weight excluding hydrogens is 324 g/mol. The van der Waals surface area contributed by atoms with E-state index in [-0.39, 0.29) is 0 Å². The van der Waals surface area contributed by atoms with Gasteiger partial charge in [-0.2, -0.15) is 0 Å². The van der Waals surface area contributed by atoms with Crippen molar-refractivity contribution in [2.45, 2.75) is 16.2 Å². The summed E-state index contributed by atoms with van der Waals surface area (Å²) < 4.78 is 23.2. The van der Waals surface area contributed by atoms with Gasteiger partial charge in [-0.1, -0.05) is 36.4 Å². The second-order valence-electron chi connectivity index (χ2n) is 5.50. The van der Waals surface area contributed by atoms with Gasteiger partial charge in [-0.25, -0.2) is 8.42 Å². The van der Waals surface area contributed by atoms with Crippen LogP contribution in [0.2, 0.25) is 0 Å². The molecule has 2 aromatic carbocycles. The Kier molecular flexibility index (Phi) is 4.46. The highest BCUT2D eigenvalue weighted by Gasteiger charge is 2.15. The lowest BCUT2D eigenvalue weighted by Gasteiger charge is -2.11. The molecule has 0 bridgehead atoms. The predicted octanol–water partition coefficient (Wildman–Crippen LogP) is 4.68. The van der Waals surface area contributed by atoms with Crippen LogP contribution in [0.1, 0.15) is 17.5 Å². The third kappa shape index (κ3) is 3.43. The van der Waals surface area contributed by atoms with Crippen molar-refractivity contribution in [2.24, 2.45) is 0 Å². The number of thioether (sulfide) groups is 1. The van der Waals surface area contributed by atoms with Crippen molar-refractivity contribution in [2.75, 3.05) is 12.5 Å². The van der Waals surface area contributed by atoms with Crippen LogP contribution in [0.3, 0.4) is 0 Å². The van der Waals surface area contributed by atoms with E-state index in [0.717, 1.165) is 12.0 Å². The van der Waals surface area contributed by atoms with Gasteiger partial charge in [0.05, 0.1) is 4.90 Å². The summed E-state index contributed by atoms with van der Waals surface area (Å²) in [4.78, 5) is 1.60. The third-order valence-corrected chi connectivity index (χ3v) is 5.80. The van der Waals surface area contributed by atoms with E-state index in [1.165, 1.54) is 27.9 Å². The Hall–Kier alpha value is -1.78. The molecule has 3 rings (SSSR count). The molecule has 118 valence electrons. The Balaban J connectivity index is 1.92. The summed E-state index contributed by atoms with van der Waals surface area (Å²) in [7, 11) is -3.15. The van der Waals surface area contributed by atoms with Gasteiger partial charge in [0.25, 0.3) is 0 Å². The normalized spacial score (nSPS) is 14.5. The molecular formula is C19H18O2S2. The first-order chi connectivity index (χ1) is 11.0. The number of sulfone groups is 1. The Morgan fingerprint density at radius 3 is 1.74 bits per heavy atom. The number of hydrogen-bond donors (Lipinski definition) is 0. The third-order valence-electron chi connectivity index (χ3n) is 3.93. The summed E-state index contributed by atoms with van der Waals surface area (Å²) in [5.41, 5.74) is 4.63. The fraction of sp³-hybridized carbons (Fsp3) is 0.158. The minimum Gasteiger partial charge on any atom is -0.224 e. The van der Waals surface area contributed by atoms with Gasteiger partial charge in [0.15, 0.2) is 9.84 Å². The number of allylic oxidation sites excluding steroid dienone is 4. The van der Waals surface area contributed by atoms with Crippen LogP contribution in [0.5, 0.6) is 0 Å². The van der Waals surface area contributed by atoms with Crippen molar-refractivity contribution in [1.29, 1.82) is 0 Å². The Labute approximate surface area is 141 Å². The quantitative estimate of drug-likeness (QED) is 0.756. The molecule has 23 heavy (non-hydrogen) atoms. The van der Waals surface area contributed by atoms with Crippen molar-refractivity contribution in [3.05, 3.63) is 71.8 Å². The first-order valence-electron chi connectivity index (χ1n) is 7.34. The zero-order valence-electron chi connectivity index (χ0n) is 13.1. The summed E-state index contributed by atoms with van der Waals surface area (Å²) in [6, 6.07) is 15.7. The number of benzene rings is 2. The standard InChI is InChI=1S/C19H18O2S2/c1-22-16-10-6-14(7-11-16)18-4-3-5-19(18)15-8-12-17(13-9-15)23(2,20)21/h4-13H,3H2,1-2H3. The molecule has 1 aliphatic carbocycles. The van der Waals surface area contributed by atoms with Crippen LogP contribution >= 0.6 is 11.8 Å². The van der Waals surface area contributed by atoms with Crippen molar-refractivity contribution < 1.29 is 8.42 Å². The molecule has 0 aromatic heterocycles. The van der Waals surface area contributed by atoms with Crippen LogP contribution < -0.4 is 0 Å². The molecule has 0 atom stereocenters. The van der Waals surface area contributed by atoms with Crippen LogP contribution in [0.25, 0.3) is 11.1 Å². The van der Waals surface area contributed by atoms with Gasteiger partial charge < -0.3 is 0 Å². The summed E-state index contributed by atoms with van der Waals surface area (Å²) in [5.74, 6) is 0. The molecule has 0 spiro atoms. The molecule has 0 fully saturated rings. The van der Waals surface area contributed by atoms with Gasteiger partial charge in [0, 0.05) is 11.2 Å². The lowest BCUT2D eigenvalue weighted by molar-refractivity contribution is 0.602. The minimum absolute atomic E-state index is 0.356. The molecule has 0 heterocycles. The molecule has 0 unspecified atom stereocenters. The summed E-state index contributed by atoms with van der Waals surface area (Å²) in [6.45, 7) is 0. The SMILES string of the molecule is CSc1ccc(C2=CCC=C2c2ccc(S(C)(=O)=O)cc2)cc1. The Morgan fingerprint density at radius 2 is 1.30 bits per heavy atom. The van der Waals surface area contributed by atoms with E-state index in [4.69, 9.17) is 0 Å². The molecule has 2 aromatic rings. The molecule has 0 radical (unpaired) electrons. The molecule has 0 aliphatic heterocycles. The lowest BCUT2D eigenvalue weighted by atomic mass is 9.95. The minimum atomic E-state index is -3.15. The van der Waals surface area contributed by atoms with E-state index in [2.05, 4.69) is 42.7 Å². The maximum absolute atomic E-state index is 11.6. The highest BCUT2D eigenvalue weighted by molar-refractivity contribution is 7.98. The zero-order valence-corrected chi connectivity index (χ0v) is 14.7. The van der Waals surface area contributed by atoms with E-state index in [1.54, 1.807) is 23.9 Å². The molecule has 0 N–H and O–H groups in total. The van der Waals surface area contributed by atoms with Crippen LogP contribution in [-0.2, 0) is 9.84 Å². The highest BCUT2D eigenvalue weighted by Crippen LogP contribution is 2.37. The topological polar surface area (TPSA) is 34.1 Å². The van der Waals surface area contributed by atoms with Crippen molar-refractivity contribution in [1.82, 2.24) is 0 Å². The zero-order chi connectivity index (χ0) is 16.4. The van der Waals surface area contributed by atoms with Gasteiger partial charge in [0.1, 0.15) is 0 Å². The molecule has 0 amide bonds. The molecule has 0 saturated heterocycles. The number of hydrogen-bond acceptors (Lipinski definition) is 3. The van der Waals surface area contributed by atoms with E-state index in [1.807, 2.05) is 12.1 Å². The van der Waals surface area contributed by atoms with Gasteiger partial charge >= 0.3 is 0 Å². The van der Waals surface area contributed by atoms with Crippen LogP contribution in [0.15, 0.2) is 70.5 Å². The first kappa shape index (κ1) is 16.1. The number of rotatable bonds is 4. The Morgan fingerprint density at radius 1 is 0.826 bits per heavy atom. The van der Waals surface area contributed by atoms with Gasteiger partial charge in [-0.05, 0) is 59.2 Å². The average molecular weight is 342 g/mol. The smallest absolute Gasteiger partial charge is 0.175 e. The molecule has 2 nitrogen and oxygen atoms in total. The average Bonchev–Trinajstić information content (AvgIpc) is 3.04. The van der Waals surface area contributed by atoms with E-state index >= 15 is 0 Å². The first-order valence-corrected chi connectivity index (χ1v) is 10.5. The monoisotopic (exact) mass is 342 g/mol. The van der Waals surface area contributed by atoms with Gasteiger partial charge in [0.2, 0.25) is 0 Å². The van der Waals surface area contributed by atoms with Crippen molar-refractivity contribution >= 4 is 32.7 Å². The largest absolute Gasteiger partial charge is 0.224 e.